The molecular formula is C21H23NO8. The highest BCUT2D eigenvalue weighted by molar-refractivity contribution is 5.81. The van der Waals surface area contributed by atoms with Crippen LogP contribution in [0.4, 0.5) is 0 Å². The van der Waals surface area contributed by atoms with Crippen molar-refractivity contribution in [2.75, 3.05) is 13.6 Å². The molecule has 0 amide bonds. The number of carboxylic acid groups (broad SMARTS) is 1. The number of hydrogen-bond acceptors (Lipinski definition) is 8. The number of rotatable bonds is 4. The Bertz CT molecular complexity index is 989. The van der Waals surface area contributed by atoms with Crippen LogP contribution in [-0.4, -0.2) is 74.7 Å². The average Bonchev–Trinajstić information content (AvgIpc) is 3.04. The molecule has 2 aliphatic heterocycles. The summed E-state index contributed by atoms with van der Waals surface area (Å²) >= 11 is 0. The molecule has 0 radical (unpaired) electrons. The number of carbonyl (C=O) groups excluding carboxylic acids is 1. The van der Waals surface area contributed by atoms with Crippen molar-refractivity contribution in [1.29, 1.82) is 0 Å². The number of nitrogens with zero attached hydrogens (tertiary/aromatic N) is 1. The number of benzene rings is 1. The summed E-state index contributed by atoms with van der Waals surface area (Å²) in [6.45, 7) is 0.695. The Labute approximate surface area is 172 Å². The lowest BCUT2D eigenvalue weighted by Gasteiger charge is -2.61. The van der Waals surface area contributed by atoms with Gasteiger partial charge in [-0.15, -0.1) is 0 Å². The monoisotopic (exact) mass is 417 g/mol. The van der Waals surface area contributed by atoms with Gasteiger partial charge in [-0.05, 0) is 44.1 Å². The predicted octanol–water partition coefficient (Wildman–Crippen LogP) is 0.0487. The van der Waals surface area contributed by atoms with Crippen molar-refractivity contribution in [3.8, 4) is 11.5 Å². The Morgan fingerprint density at radius 3 is 2.90 bits per heavy atom. The molecule has 1 aromatic carbocycles. The number of aliphatic hydroxyl groups is 2. The molecule has 9 nitrogen and oxygen atoms in total. The normalized spacial score (nSPS) is 34.4. The van der Waals surface area contributed by atoms with Crippen LogP contribution in [-0.2, 0) is 26.2 Å². The standard InChI is InChI=1S/C21H23NO8/c1-22-7-6-20-16-10-2-3-11(23)17(16)30-18(20)13(4-5-21(20,28)14(22)8-10)29-15(25)9-12(24)19(26)27/h2-4,12,14,18,23-24,28H,5-9H2,1H3,(H,26,27)/t12-,14+,18?,20?,21+/m0/s1. The molecule has 2 unspecified atom stereocenters. The molecule has 160 valence electrons. The first-order valence-electron chi connectivity index (χ1n) is 9.95. The van der Waals surface area contributed by atoms with E-state index >= 15 is 0 Å². The summed E-state index contributed by atoms with van der Waals surface area (Å²) in [5.41, 5.74) is -0.304. The van der Waals surface area contributed by atoms with Crippen LogP contribution >= 0.6 is 0 Å². The summed E-state index contributed by atoms with van der Waals surface area (Å²) in [6.07, 6.45) is -0.421. The number of aliphatic carboxylic acids is 1. The van der Waals surface area contributed by atoms with E-state index in [0.717, 1.165) is 11.1 Å². The van der Waals surface area contributed by atoms with E-state index in [2.05, 4.69) is 4.90 Å². The van der Waals surface area contributed by atoms with Crippen LogP contribution in [0.1, 0.15) is 30.4 Å². The fourth-order valence-corrected chi connectivity index (χ4v) is 5.86. The third-order valence-electron chi connectivity index (χ3n) is 7.23. The second kappa shape index (κ2) is 6.19. The lowest BCUT2D eigenvalue weighted by Crippen LogP contribution is -2.74. The molecule has 30 heavy (non-hydrogen) atoms. The molecule has 1 fully saturated rings. The van der Waals surface area contributed by atoms with Crippen molar-refractivity contribution in [2.24, 2.45) is 0 Å². The predicted molar refractivity (Wildman–Crippen MR) is 101 cm³/mol. The van der Waals surface area contributed by atoms with Gasteiger partial charge in [-0.1, -0.05) is 6.07 Å². The number of piperidine rings is 1. The van der Waals surface area contributed by atoms with Crippen molar-refractivity contribution in [3.05, 3.63) is 35.1 Å². The van der Waals surface area contributed by atoms with E-state index in [-0.39, 0.29) is 24.0 Å². The van der Waals surface area contributed by atoms with Gasteiger partial charge >= 0.3 is 11.9 Å². The molecule has 9 heteroatoms. The van der Waals surface area contributed by atoms with Crippen molar-refractivity contribution in [3.63, 3.8) is 0 Å². The number of carboxylic acids is 1. The van der Waals surface area contributed by atoms with Gasteiger partial charge in [0.15, 0.2) is 23.7 Å². The molecule has 1 aromatic rings. The minimum atomic E-state index is -1.86. The van der Waals surface area contributed by atoms with Gasteiger partial charge in [-0.3, -0.25) is 4.79 Å². The van der Waals surface area contributed by atoms with E-state index in [9.17, 15) is 24.9 Å². The molecule has 5 rings (SSSR count). The maximum Gasteiger partial charge on any atom is 0.333 e. The van der Waals surface area contributed by atoms with E-state index < -0.39 is 41.6 Å². The lowest BCUT2D eigenvalue weighted by atomic mass is 9.50. The second-order valence-electron chi connectivity index (χ2n) is 8.63. The van der Waals surface area contributed by atoms with Crippen molar-refractivity contribution >= 4 is 11.9 Å². The van der Waals surface area contributed by atoms with Crippen LogP contribution in [0.15, 0.2) is 24.0 Å². The average molecular weight is 417 g/mol. The van der Waals surface area contributed by atoms with Crippen LogP contribution in [0.25, 0.3) is 0 Å². The number of aromatic hydroxyl groups is 1. The molecule has 2 aliphatic carbocycles. The van der Waals surface area contributed by atoms with Gasteiger partial charge in [0.1, 0.15) is 5.76 Å². The van der Waals surface area contributed by atoms with E-state index in [1.54, 1.807) is 12.1 Å². The Hall–Kier alpha value is -2.62. The van der Waals surface area contributed by atoms with Crippen LogP contribution < -0.4 is 4.74 Å². The first-order chi connectivity index (χ1) is 14.2. The summed E-state index contributed by atoms with van der Waals surface area (Å²) < 4.78 is 11.6. The minimum Gasteiger partial charge on any atom is -0.504 e. The summed E-state index contributed by atoms with van der Waals surface area (Å²) in [6, 6.07) is 3.25. The highest BCUT2D eigenvalue weighted by atomic mass is 16.6. The van der Waals surface area contributed by atoms with Crippen LogP contribution in [0, 0.1) is 0 Å². The van der Waals surface area contributed by atoms with E-state index in [4.69, 9.17) is 14.6 Å². The smallest absolute Gasteiger partial charge is 0.333 e. The topological polar surface area (TPSA) is 137 Å². The summed E-state index contributed by atoms with van der Waals surface area (Å²) in [5, 5.41) is 40.7. The zero-order valence-electron chi connectivity index (χ0n) is 16.4. The second-order valence-corrected chi connectivity index (χ2v) is 8.63. The molecule has 1 spiro atoms. The maximum absolute atomic E-state index is 12.3. The van der Waals surface area contributed by atoms with Crippen LogP contribution in [0.3, 0.4) is 0 Å². The third-order valence-corrected chi connectivity index (χ3v) is 7.23. The van der Waals surface area contributed by atoms with Crippen molar-refractivity contribution in [1.82, 2.24) is 4.90 Å². The highest BCUT2D eigenvalue weighted by Gasteiger charge is 2.72. The molecule has 2 heterocycles. The summed E-state index contributed by atoms with van der Waals surface area (Å²) in [4.78, 5) is 25.2. The number of phenolic OH excluding ortho intramolecular Hbond substituents is 1. The van der Waals surface area contributed by atoms with E-state index in [1.165, 1.54) is 0 Å². The number of hydrogen-bond donors (Lipinski definition) is 4. The molecule has 0 saturated carbocycles. The van der Waals surface area contributed by atoms with Crippen LogP contribution in [0.5, 0.6) is 11.5 Å². The molecule has 4 N–H and O–H groups in total. The minimum absolute atomic E-state index is 0.0378. The number of ether oxygens (including phenoxy) is 2. The molecule has 5 atom stereocenters. The van der Waals surface area contributed by atoms with Crippen molar-refractivity contribution in [2.45, 2.75) is 54.9 Å². The SMILES string of the molecule is CN1CCC23c4c5ccc(O)c4OC2C(OC(=O)C[C@H](O)C(=O)O)=CC[C@@]3(O)[C@H]1C5. The Kier molecular flexibility index (Phi) is 3.99. The Morgan fingerprint density at radius 1 is 1.40 bits per heavy atom. The quantitative estimate of drug-likeness (QED) is 0.501. The fraction of sp³-hybridized carbons (Fsp3) is 0.524. The number of esters is 1. The molecule has 0 aromatic heterocycles. The molecule has 2 bridgehead atoms. The highest BCUT2D eigenvalue weighted by Crippen LogP contribution is 2.65. The number of phenols is 1. The lowest BCUT2D eigenvalue weighted by molar-refractivity contribution is -0.170. The summed E-state index contributed by atoms with van der Waals surface area (Å²) in [7, 11) is 1.97. The fourth-order valence-electron chi connectivity index (χ4n) is 5.86. The van der Waals surface area contributed by atoms with Gasteiger partial charge in [0.2, 0.25) is 0 Å². The van der Waals surface area contributed by atoms with Gasteiger partial charge < -0.3 is 34.8 Å². The van der Waals surface area contributed by atoms with Gasteiger partial charge in [-0.2, -0.15) is 0 Å². The Morgan fingerprint density at radius 2 is 2.17 bits per heavy atom. The molecule has 4 aliphatic rings. The van der Waals surface area contributed by atoms with Gasteiger partial charge in [-0.25, -0.2) is 4.79 Å². The Balaban J connectivity index is 1.58. The summed E-state index contributed by atoms with van der Waals surface area (Å²) in [5.74, 6) is -1.98. The number of carbonyl (C=O) groups is 2. The van der Waals surface area contributed by atoms with Crippen molar-refractivity contribution < 1.29 is 39.5 Å². The van der Waals surface area contributed by atoms with Crippen LogP contribution in [0.2, 0.25) is 0 Å². The number of aliphatic hydroxyl groups excluding tert-OH is 1. The number of likely N-dealkylation sites (N-methyl/N-ethyl adjacent to an activating group) is 1. The molecule has 1 saturated heterocycles. The third kappa shape index (κ3) is 2.28. The first-order valence-corrected chi connectivity index (χ1v) is 9.95. The van der Waals surface area contributed by atoms with Gasteiger partial charge in [0.25, 0.3) is 0 Å². The molecular weight excluding hydrogens is 394 g/mol. The van der Waals surface area contributed by atoms with Gasteiger partial charge in [0.05, 0.1) is 17.4 Å². The van der Waals surface area contributed by atoms with Gasteiger partial charge in [0, 0.05) is 18.0 Å². The van der Waals surface area contributed by atoms with E-state index in [0.29, 0.717) is 25.1 Å². The zero-order valence-corrected chi connectivity index (χ0v) is 16.4. The maximum atomic E-state index is 12.3. The van der Waals surface area contributed by atoms with E-state index in [1.807, 2.05) is 13.1 Å². The first kappa shape index (κ1) is 19.3. The zero-order chi connectivity index (χ0) is 21.4. The largest absolute Gasteiger partial charge is 0.504 e. The number of likely N-dealkylation sites (tertiary alicyclic amines) is 1.